The van der Waals surface area contributed by atoms with Crippen molar-refractivity contribution < 1.29 is 0 Å². The number of thioether (sulfide) groups is 1. The van der Waals surface area contributed by atoms with E-state index in [1.54, 1.807) is 0 Å². The normalized spacial score (nSPS) is 23.6. The molecule has 5 heteroatoms. The summed E-state index contributed by atoms with van der Waals surface area (Å²) in [6, 6.07) is 0. The summed E-state index contributed by atoms with van der Waals surface area (Å²) in [6.07, 6.45) is 4.10. The molecule has 3 nitrogen and oxygen atoms in total. The van der Waals surface area contributed by atoms with Crippen molar-refractivity contribution in [1.29, 1.82) is 0 Å². The molecule has 1 aromatic heterocycles. The molecule has 1 N–H and O–H groups in total. The van der Waals surface area contributed by atoms with E-state index >= 15 is 0 Å². The lowest BCUT2D eigenvalue weighted by molar-refractivity contribution is 0.632. The number of aromatic nitrogens is 2. The number of anilines is 1. The Balaban J connectivity index is 2.11. The Morgan fingerprint density at radius 1 is 1.50 bits per heavy atom. The molecular formula is C13H20ClN3S. The zero-order valence-corrected chi connectivity index (χ0v) is 12.7. The van der Waals surface area contributed by atoms with E-state index in [1.807, 2.05) is 11.8 Å². The highest BCUT2D eigenvalue weighted by Crippen LogP contribution is 2.38. The molecule has 1 unspecified atom stereocenters. The summed E-state index contributed by atoms with van der Waals surface area (Å²) in [6.45, 7) is 7.48. The van der Waals surface area contributed by atoms with Crippen molar-refractivity contribution in [1.82, 2.24) is 9.97 Å². The summed E-state index contributed by atoms with van der Waals surface area (Å²) in [7, 11) is 0. The van der Waals surface area contributed by atoms with Crippen LogP contribution in [0.5, 0.6) is 0 Å². The van der Waals surface area contributed by atoms with Crippen LogP contribution in [0.3, 0.4) is 0 Å². The van der Waals surface area contributed by atoms with Crippen LogP contribution in [0.25, 0.3) is 0 Å². The molecule has 1 aliphatic rings. The van der Waals surface area contributed by atoms with Gasteiger partial charge in [0, 0.05) is 16.9 Å². The molecule has 18 heavy (non-hydrogen) atoms. The minimum absolute atomic E-state index is 0.324. The molecule has 1 saturated heterocycles. The fourth-order valence-electron chi connectivity index (χ4n) is 2.27. The van der Waals surface area contributed by atoms with Crippen LogP contribution >= 0.6 is 23.4 Å². The second kappa shape index (κ2) is 5.66. The number of rotatable bonds is 4. The predicted molar refractivity (Wildman–Crippen MR) is 79.7 cm³/mol. The standard InChI is InChI=1S/C13H20ClN3S/c1-9(2)10-11(14)16-8-17-12(10)15-7-13(3)5-4-6-18-13/h8-9H,4-7H2,1-3H3,(H,15,16,17). The molecule has 100 valence electrons. The molecular weight excluding hydrogens is 266 g/mol. The molecule has 1 aromatic rings. The SMILES string of the molecule is CC(C)c1c(Cl)ncnc1NCC1(C)CCCS1. The summed E-state index contributed by atoms with van der Waals surface area (Å²) < 4.78 is 0.325. The van der Waals surface area contributed by atoms with E-state index in [-0.39, 0.29) is 0 Å². The molecule has 1 fully saturated rings. The third kappa shape index (κ3) is 3.09. The third-order valence-corrected chi connectivity index (χ3v) is 5.18. The smallest absolute Gasteiger partial charge is 0.138 e. The number of hydrogen-bond donors (Lipinski definition) is 1. The van der Waals surface area contributed by atoms with E-state index in [0.717, 1.165) is 17.9 Å². The van der Waals surface area contributed by atoms with Gasteiger partial charge in [0.25, 0.3) is 0 Å². The monoisotopic (exact) mass is 285 g/mol. The molecule has 0 aromatic carbocycles. The Morgan fingerprint density at radius 2 is 2.28 bits per heavy atom. The van der Waals surface area contributed by atoms with Crippen molar-refractivity contribution in [2.45, 2.75) is 44.3 Å². The molecule has 0 bridgehead atoms. The zero-order chi connectivity index (χ0) is 13.2. The predicted octanol–water partition coefficient (Wildman–Crippen LogP) is 3.95. The van der Waals surface area contributed by atoms with Crippen molar-refractivity contribution in [3.63, 3.8) is 0 Å². The van der Waals surface area contributed by atoms with Crippen molar-refractivity contribution in [3.8, 4) is 0 Å². The van der Waals surface area contributed by atoms with Crippen molar-refractivity contribution >= 4 is 29.2 Å². The van der Waals surface area contributed by atoms with Crippen LogP contribution in [0.2, 0.25) is 5.15 Å². The maximum absolute atomic E-state index is 6.16. The summed E-state index contributed by atoms with van der Waals surface area (Å²) in [5.41, 5.74) is 1.02. The molecule has 1 atom stereocenters. The van der Waals surface area contributed by atoms with Gasteiger partial charge >= 0.3 is 0 Å². The van der Waals surface area contributed by atoms with Crippen LogP contribution < -0.4 is 5.32 Å². The van der Waals surface area contributed by atoms with E-state index in [4.69, 9.17) is 11.6 Å². The fraction of sp³-hybridized carbons (Fsp3) is 0.692. The van der Waals surface area contributed by atoms with Crippen LogP contribution in [-0.4, -0.2) is 27.0 Å². The van der Waals surface area contributed by atoms with Gasteiger partial charge in [0.1, 0.15) is 17.3 Å². The highest BCUT2D eigenvalue weighted by Gasteiger charge is 2.29. The molecule has 1 aliphatic heterocycles. The Kier molecular flexibility index (Phi) is 4.38. The molecule has 0 aliphatic carbocycles. The van der Waals surface area contributed by atoms with E-state index in [0.29, 0.717) is 15.8 Å². The topological polar surface area (TPSA) is 37.8 Å². The van der Waals surface area contributed by atoms with E-state index in [9.17, 15) is 0 Å². The van der Waals surface area contributed by atoms with Gasteiger partial charge in [-0.05, 0) is 31.4 Å². The van der Waals surface area contributed by atoms with Gasteiger partial charge in [-0.15, -0.1) is 0 Å². The van der Waals surface area contributed by atoms with Gasteiger partial charge < -0.3 is 5.32 Å². The highest BCUT2D eigenvalue weighted by atomic mass is 35.5. The Labute approximate surface area is 118 Å². The maximum atomic E-state index is 6.16. The Morgan fingerprint density at radius 3 is 2.89 bits per heavy atom. The fourth-order valence-corrected chi connectivity index (χ4v) is 3.87. The van der Waals surface area contributed by atoms with Gasteiger partial charge in [-0.1, -0.05) is 25.4 Å². The summed E-state index contributed by atoms with van der Waals surface area (Å²) in [5, 5.41) is 4.02. The first-order chi connectivity index (χ1) is 8.52. The summed E-state index contributed by atoms with van der Waals surface area (Å²) in [5.74, 6) is 2.48. The lowest BCUT2D eigenvalue weighted by atomic mass is 10.0. The molecule has 0 amide bonds. The van der Waals surface area contributed by atoms with E-state index < -0.39 is 0 Å². The maximum Gasteiger partial charge on any atom is 0.138 e. The molecule has 2 rings (SSSR count). The van der Waals surface area contributed by atoms with Crippen molar-refractivity contribution in [2.24, 2.45) is 0 Å². The molecule has 0 radical (unpaired) electrons. The van der Waals surface area contributed by atoms with Crippen molar-refractivity contribution in [3.05, 3.63) is 17.0 Å². The first-order valence-electron chi connectivity index (χ1n) is 6.40. The zero-order valence-electron chi connectivity index (χ0n) is 11.2. The number of nitrogens with one attached hydrogen (secondary N) is 1. The lowest BCUT2D eigenvalue weighted by Gasteiger charge is -2.24. The first-order valence-corrected chi connectivity index (χ1v) is 7.76. The van der Waals surface area contributed by atoms with E-state index in [2.05, 4.69) is 36.1 Å². The highest BCUT2D eigenvalue weighted by molar-refractivity contribution is 8.00. The first kappa shape index (κ1) is 13.9. The quantitative estimate of drug-likeness (QED) is 0.850. The number of hydrogen-bond acceptors (Lipinski definition) is 4. The third-order valence-electron chi connectivity index (χ3n) is 3.34. The second-order valence-corrected chi connectivity index (χ2v) is 7.38. The molecule has 2 heterocycles. The van der Waals surface area contributed by atoms with Gasteiger partial charge in [0.15, 0.2) is 0 Å². The summed E-state index contributed by atoms with van der Waals surface area (Å²) >= 11 is 8.20. The van der Waals surface area contributed by atoms with Crippen LogP contribution in [0, 0.1) is 0 Å². The van der Waals surface area contributed by atoms with Crippen LogP contribution in [0.1, 0.15) is 45.1 Å². The Bertz CT molecular complexity index is 417. The minimum Gasteiger partial charge on any atom is -0.368 e. The largest absolute Gasteiger partial charge is 0.368 e. The van der Waals surface area contributed by atoms with Gasteiger partial charge in [0.2, 0.25) is 0 Å². The molecule has 0 spiro atoms. The van der Waals surface area contributed by atoms with E-state index in [1.165, 1.54) is 24.9 Å². The minimum atomic E-state index is 0.324. The van der Waals surface area contributed by atoms with Crippen LogP contribution in [0.4, 0.5) is 5.82 Å². The van der Waals surface area contributed by atoms with Crippen LogP contribution in [0.15, 0.2) is 6.33 Å². The molecule has 0 saturated carbocycles. The lowest BCUT2D eigenvalue weighted by Crippen LogP contribution is -2.28. The van der Waals surface area contributed by atoms with Gasteiger partial charge in [-0.2, -0.15) is 11.8 Å². The Hall–Kier alpha value is -0.480. The van der Waals surface area contributed by atoms with Gasteiger partial charge in [-0.25, -0.2) is 9.97 Å². The number of nitrogens with zero attached hydrogens (tertiary/aromatic N) is 2. The second-order valence-electron chi connectivity index (χ2n) is 5.34. The summed E-state index contributed by atoms with van der Waals surface area (Å²) in [4.78, 5) is 8.40. The number of halogens is 1. The van der Waals surface area contributed by atoms with Crippen molar-refractivity contribution in [2.75, 3.05) is 17.6 Å². The average Bonchev–Trinajstić information content (AvgIpc) is 2.73. The van der Waals surface area contributed by atoms with Gasteiger partial charge in [0.05, 0.1) is 0 Å². The van der Waals surface area contributed by atoms with Gasteiger partial charge in [-0.3, -0.25) is 0 Å². The van der Waals surface area contributed by atoms with Crippen LogP contribution in [-0.2, 0) is 0 Å². The average molecular weight is 286 g/mol.